The van der Waals surface area contributed by atoms with Crippen LogP contribution in [-0.2, 0) is 14.3 Å². The first-order valence-corrected chi connectivity index (χ1v) is 5.77. The molecule has 1 fully saturated rings. The maximum Gasteiger partial charge on any atom is 0.224 e. The zero-order valence-corrected chi connectivity index (χ0v) is 9.85. The van der Waals surface area contributed by atoms with Crippen molar-refractivity contribution in [2.45, 2.75) is 25.4 Å². The molecule has 0 bridgehead atoms. The quantitative estimate of drug-likeness (QED) is 0.700. The van der Waals surface area contributed by atoms with Gasteiger partial charge in [0, 0.05) is 20.2 Å². The molecule has 1 heterocycles. The molecule has 0 spiro atoms. The van der Waals surface area contributed by atoms with Crippen LogP contribution in [0.3, 0.4) is 0 Å². The molecule has 0 aromatic heterocycles. The number of hydrogen-bond acceptors (Lipinski definition) is 4. The Morgan fingerprint density at radius 1 is 1.38 bits per heavy atom. The van der Waals surface area contributed by atoms with Crippen molar-refractivity contribution in [1.29, 1.82) is 0 Å². The lowest BCUT2D eigenvalue weighted by molar-refractivity contribution is -0.134. The van der Waals surface area contributed by atoms with Crippen molar-refractivity contribution in [3.63, 3.8) is 0 Å². The van der Waals surface area contributed by atoms with Crippen molar-refractivity contribution in [2.24, 2.45) is 0 Å². The largest absolute Gasteiger partial charge is 0.394 e. The predicted octanol–water partition coefficient (Wildman–Crippen LogP) is 0.0228. The van der Waals surface area contributed by atoms with Crippen LogP contribution in [0.2, 0.25) is 0 Å². The Balaban J connectivity index is 2.18. The van der Waals surface area contributed by atoms with Crippen LogP contribution in [0.25, 0.3) is 0 Å². The zero-order valence-electron chi connectivity index (χ0n) is 9.85. The van der Waals surface area contributed by atoms with Crippen LogP contribution < -0.4 is 0 Å². The van der Waals surface area contributed by atoms with E-state index < -0.39 is 0 Å². The lowest BCUT2D eigenvalue weighted by Crippen LogP contribution is -2.41. The van der Waals surface area contributed by atoms with Crippen LogP contribution in [0.1, 0.15) is 19.3 Å². The van der Waals surface area contributed by atoms with Gasteiger partial charge in [0.1, 0.15) is 0 Å². The molecule has 1 N–H and O–H groups in total. The molecule has 0 aromatic rings. The molecule has 1 amide bonds. The molecule has 0 atom stereocenters. The Labute approximate surface area is 96.3 Å². The van der Waals surface area contributed by atoms with Crippen molar-refractivity contribution in [1.82, 2.24) is 4.90 Å². The molecule has 5 heteroatoms. The third-order valence-corrected chi connectivity index (χ3v) is 2.76. The van der Waals surface area contributed by atoms with Gasteiger partial charge < -0.3 is 19.5 Å². The minimum Gasteiger partial charge on any atom is -0.394 e. The Hall–Kier alpha value is -0.650. The number of nitrogens with zero attached hydrogens (tertiary/aromatic N) is 1. The number of aliphatic hydroxyl groups is 1. The number of ether oxygens (including phenoxy) is 2. The third-order valence-electron chi connectivity index (χ3n) is 2.76. The van der Waals surface area contributed by atoms with Gasteiger partial charge in [0.25, 0.3) is 0 Å². The van der Waals surface area contributed by atoms with Crippen molar-refractivity contribution in [2.75, 3.05) is 40.0 Å². The van der Waals surface area contributed by atoms with Crippen molar-refractivity contribution in [3.05, 3.63) is 0 Å². The summed E-state index contributed by atoms with van der Waals surface area (Å²) in [4.78, 5) is 13.5. The van der Waals surface area contributed by atoms with Gasteiger partial charge in [-0.05, 0) is 12.8 Å². The number of carbonyl (C=O) groups is 1. The van der Waals surface area contributed by atoms with Gasteiger partial charge in [0.05, 0.1) is 32.3 Å². The molecular weight excluding hydrogens is 210 g/mol. The molecule has 5 nitrogen and oxygen atoms in total. The molecule has 16 heavy (non-hydrogen) atoms. The number of rotatable bonds is 6. The number of hydrogen-bond donors (Lipinski definition) is 1. The summed E-state index contributed by atoms with van der Waals surface area (Å²) in [5, 5.41) is 8.63. The number of amides is 1. The first kappa shape index (κ1) is 13.4. The highest BCUT2D eigenvalue weighted by molar-refractivity contribution is 5.76. The molecule has 0 aromatic carbocycles. The normalized spacial score (nSPS) is 17.8. The maximum atomic E-state index is 11.6. The molecule has 94 valence electrons. The van der Waals surface area contributed by atoms with E-state index in [2.05, 4.69) is 0 Å². The molecular formula is C11H21NO4. The lowest BCUT2D eigenvalue weighted by Gasteiger charge is -2.31. The molecule has 0 aliphatic carbocycles. The van der Waals surface area contributed by atoms with Crippen LogP contribution in [-0.4, -0.2) is 62.0 Å². The van der Waals surface area contributed by atoms with Gasteiger partial charge in [-0.2, -0.15) is 0 Å². The topological polar surface area (TPSA) is 59.0 Å². The minimum atomic E-state index is 0.0625. The predicted molar refractivity (Wildman–Crippen MR) is 59.1 cm³/mol. The van der Waals surface area contributed by atoms with E-state index in [0.29, 0.717) is 19.6 Å². The molecule has 0 unspecified atom stereocenters. The van der Waals surface area contributed by atoms with Gasteiger partial charge in [0.2, 0.25) is 5.91 Å². The van der Waals surface area contributed by atoms with Gasteiger partial charge in [-0.1, -0.05) is 0 Å². The average Bonchev–Trinajstić information content (AvgIpc) is 2.34. The Kier molecular flexibility index (Phi) is 6.37. The summed E-state index contributed by atoms with van der Waals surface area (Å²) in [7, 11) is 1.60. The van der Waals surface area contributed by atoms with Crippen LogP contribution >= 0.6 is 0 Å². The fourth-order valence-corrected chi connectivity index (χ4v) is 1.84. The summed E-state index contributed by atoms with van der Waals surface area (Å²) in [6.07, 6.45) is 2.37. The second-order valence-electron chi connectivity index (χ2n) is 3.92. The fourth-order valence-electron chi connectivity index (χ4n) is 1.84. The van der Waals surface area contributed by atoms with Gasteiger partial charge in [0.15, 0.2) is 0 Å². The van der Waals surface area contributed by atoms with Crippen molar-refractivity contribution < 1.29 is 19.4 Å². The van der Waals surface area contributed by atoms with E-state index in [4.69, 9.17) is 14.6 Å². The average molecular weight is 231 g/mol. The van der Waals surface area contributed by atoms with E-state index in [1.54, 1.807) is 7.11 Å². The highest BCUT2D eigenvalue weighted by Gasteiger charge is 2.22. The van der Waals surface area contributed by atoms with Crippen LogP contribution in [0, 0.1) is 0 Å². The highest BCUT2D eigenvalue weighted by atomic mass is 16.5. The van der Waals surface area contributed by atoms with Crippen LogP contribution in [0.5, 0.6) is 0 Å². The first-order valence-electron chi connectivity index (χ1n) is 5.77. The van der Waals surface area contributed by atoms with Crippen molar-refractivity contribution >= 4 is 5.91 Å². The summed E-state index contributed by atoms with van der Waals surface area (Å²) in [6, 6.07) is 0. The molecule has 0 saturated carbocycles. The number of methoxy groups -OCH3 is 1. The molecule has 0 radical (unpaired) electrons. The third kappa shape index (κ3) is 4.47. The summed E-state index contributed by atoms with van der Waals surface area (Å²) in [5.74, 6) is 0.155. The smallest absolute Gasteiger partial charge is 0.224 e. The van der Waals surface area contributed by atoms with E-state index in [-0.39, 0.29) is 18.6 Å². The summed E-state index contributed by atoms with van der Waals surface area (Å²) >= 11 is 0. The number of carbonyl (C=O) groups excluding carboxylic acids is 1. The SMILES string of the molecule is COCCC(=O)N1CCC(OCCO)CC1. The number of aliphatic hydroxyl groups excluding tert-OH is 1. The first-order chi connectivity index (χ1) is 7.77. The van der Waals surface area contributed by atoms with Gasteiger partial charge in [-0.25, -0.2) is 0 Å². The summed E-state index contributed by atoms with van der Waals surface area (Å²) in [5.41, 5.74) is 0. The summed E-state index contributed by atoms with van der Waals surface area (Å²) < 4.78 is 10.3. The van der Waals surface area contributed by atoms with Gasteiger partial charge in [-0.3, -0.25) is 4.79 Å². The van der Waals surface area contributed by atoms with Crippen LogP contribution in [0.15, 0.2) is 0 Å². The molecule has 1 aliphatic rings. The van der Waals surface area contributed by atoms with E-state index in [0.717, 1.165) is 25.9 Å². The molecule has 1 aliphatic heterocycles. The molecule has 1 rings (SSSR count). The van der Waals surface area contributed by atoms with E-state index in [9.17, 15) is 4.79 Å². The Bertz CT molecular complexity index is 202. The zero-order chi connectivity index (χ0) is 11.8. The monoisotopic (exact) mass is 231 g/mol. The highest BCUT2D eigenvalue weighted by Crippen LogP contribution is 2.14. The van der Waals surface area contributed by atoms with Crippen LogP contribution in [0.4, 0.5) is 0 Å². The number of likely N-dealkylation sites (tertiary alicyclic amines) is 1. The van der Waals surface area contributed by atoms with Crippen molar-refractivity contribution in [3.8, 4) is 0 Å². The Morgan fingerprint density at radius 2 is 2.06 bits per heavy atom. The van der Waals surface area contributed by atoms with Gasteiger partial charge >= 0.3 is 0 Å². The maximum absolute atomic E-state index is 11.6. The fraction of sp³-hybridized carbons (Fsp3) is 0.909. The second kappa shape index (κ2) is 7.60. The van der Waals surface area contributed by atoms with E-state index >= 15 is 0 Å². The van der Waals surface area contributed by atoms with E-state index in [1.165, 1.54) is 0 Å². The minimum absolute atomic E-state index is 0.0625. The molecule has 1 saturated heterocycles. The number of piperidine rings is 1. The van der Waals surface area contributed by atoms with Gasteiger partial charge in [-0.15, -0.1) is 0 Å². The summed E-state index contributed by atoms with van der Waals surface area (Å²) in [6.45, 7) is 2.44. The Morgan fingerprint density at radius 3 is 2.62 bits per heavy atom. The standard InChI is InChI=1S/C11H21NO4/c1-15-8-4-11(14)12-5-2-10(3-6-12)16-9-7-13/h10,13H,2-9H2,1H3. The second-order valence-corrected chi connectivity index (χ2v) is 3.92. The van der Waals surface area contributed by atoms with E-state index in [1.807, 2.05) is 4.90 Å². The lowest BCUT2D eigenvalue weighted by atomic mass is 10.1.